The topological polar surface area (TPSA) is 83.8 Å². The Labute approximate surface area is 316 Å². The number of unbranched alkanes of at least 4 members (excludes halogenated alkanes) is 14. The molecule has 0 aromatic carbocycles. The lowest BCUT2D eigenvalue weighted by Gasteiger charge is -2.18. The lowest BCUT2D eigenvalue weighted by Crippen LogP contribution is -2.39. The minimum absolute atomic E-state index is 0.634. The number of hydrogen-bond donors (Lipinski definition) is 2. The van der Waals surface area contributed by atoms with E-state index in [2.05, 4.69) is 38.2 Å². The molecule has 0 aromatic rings. The van der Waals surface area contributed by atoms with Crippen LogP contribution in [0.5, 0.6) is 0 Å². The number of carbonyl (C=O) groups is 2. The smallest absolute Gasteiger partial charge is 0.331 e. The molecule has 0 aromatic heterocycles. The molecule has 5 nitrogen and oxygen atoms in total. The Morgan fingerprint density at radius 3 is 1.17 bits per heavy atom. The fourth-order valence-corrected chi connectivity index (χ4v) is 4.78. The third-order valence-corrected chi connectivity index (χ3v) is 7.77. The average molecular weight is 713 g/mol. The first-order valence-electron chi connectivity index (χ1n) is 19.6. The van der Waals surface area contributed by atoms with Crippen LogP contribution in [-0.4, -0.2) is 40.8 Å². The van der Waals surface area contributed by atoms with Crippen LogP contribution in [0.1, 0.15) is 117 Å². The molecular weight excluding hydrogens is 645 g/mol. The SMILES string of the molecule is CCCCCCCCCC=CC=CC=CC=CC=CC=CC(=O)OC(C(=O)C=CC=CC=CC=CC=CC=CCCCCCCCCC)C(O)CO. The van der Waals surface area contributed by atoms with E-state index in [1.54, 1.807) is 24.3 Å². The quantitative estimate of drug-likeness (QED) is 0.0314. The van der Waals surface area contributed by atoms with Crippen LogP contribution < -0.4 is 0 Å². The maximum Gasteiger partial charge on any atom is 0.331 e. The van der Waals surface area contributed by atoms with Crippen molar-refractivity contribution in [3.63, 3.8) is 0 Å². The molecule has 5 heteroatoms. The lowest BCUT2D eigenvalue weighted by molar-refractivity contribution is -0.157. The normalized spacial score (nSPS) is 14.5. The maximum absolute atomic E-state index is 12.5. The van der Waals surface area contributed by atoms with Crippen molar-refractivity contribution in [2.24, 2.45) is 0 Å². The largest absolute Gasteiger partial charge is 0.448 e. The number of allylic oxidation sites excluding steroid dienone is 22. The van der Waals surface area contributed by atoms with Gasteiger partial charge in [-0.15, -0.1) is 0 Å². The standard InChI is InChI=1S/C47H68O5/c1-3-5-7-9-11-13-15-17-19-21-23-25-27-29-31-33-35-37-39-41-44(49)47(45(50)43-48)52-46(51)42-40-38-36-34-32-30-28-26-24-22-20-18-16-14-12-10-8-6-4-2/h19-42,45,47-48,50H,3-18,43H2,1-2H3. The highest BCUT2D eigenvalue weighted by molar-refractivity contribution is 5.96. The Balaban J connectivity index is 4.39. The first-order chi connectivity index (χ1) is 25.6. The summed E-state index contributed by atoms with van der Waals surface area (Å²) in [6.45, 7) is 3.77. The summed E-state index contributed by atoms with van der Waals surface area (Å²) in [6.07, 6.45) is 61.4. The van der Waals surface area contributed by atoms with Crippen molar-refractivity contribution in [3.8, 4) is 0 Å². The fraction of sp³-hybridized carbons (Fsp3) is 0.447. The van der Waals surface area contributed by atoms with Crippen molar-refractivity contribution in [3.05, 3.63) is 146 Å². The summed E-state index contributed by atoms with van der Waals surface area (Å²) in [4.78, 5) is 24.8. The van der Waals surface area contributed by atoms with E-state index in [1.165, 1.54) is 108 Å². The Hall–Kier alpha value is -4.06. The summed E-state index contributed by atoms with van der Waals surface area (Å²) >= 11 is 0. The monoisotopic (exact) mass is 713 g/mol. The van der Waals surface area contributed by atoms with Crippen molar-refractivity contribution in [1.82, 2.24) is 0 Å². The molecule has 0 spiro atoms. The zero-order valence-electron chi connectivity index (χ0n) is 32.2. The third-order valence-electron chi connectivity index (χ3n) is 7.77. The van der Waals surface area contributed by atoms with Crippen LogP contribution in [0.4, 0.5) is 0 Å². The highest BCUT2D eigenvalue weighted by Gasteiger charge is 2.27. The van der Waals surface area contributed by atoms with Crippen molar-refractivity contribution in [1.29, 1.82) is 0 Å². The minimum Gasteiger partial charge on any atom is -0.448 e. The van der Waals surface area contributed by atoms with Crippen LogP contribution in [-0.2, 0) is 14.3 Å². The molecule has 0 saturated heterocycles. The van der Waals surface area contributed by atoms with Crippen molar-refractivity contribution >= 4 is 11.8 Å². The van der Waals surface area contributed by atoms with Gasteiger partial charge in [-0.25, -0.2) is 4.79 Å². The molecular formula is C47H68O5. The third kappa shape index (κ3) is 34.4. The van der Waals surface area contributed by atoms with Gasteiger partial charge in [0.1, 0.15) is 6.10 Å². The van der Waals surface area contributed by atoms with Gasteiger partial charge in [0.2, 0.25) is 0 Å². The highest BCUT2D eigenvalue weighted by Crippen LogP contribution is 2.10. The molecule has 2 atom stereocenters. The summed E-state index contributed by atoms with van der Waals surface area (Å²) in [5.41, 5.74) is 0. The maximum atomic E-state index is 12.5. The molecule has 0 rings (SSSR count). The van der Waals surface area contributed by atoms with E-state index < -0.39 is 30.6 Å². The molecule has 52 heavy (non-hydrogen) atoms. The number of hydrogen-bond acceptors (Lipinski definition) is 5. The summed E-state index contributed by atoms with van der Waals surface area (Å²) in [6, 6.07) is 0. The zero-order valence-corrected chi connectivity index (χ0v) is 32.2. The van der Waals surface area contributed by atoms with Crippen molar-refractivity contribution in [2.75, 3.05) is 6.61 Å². The second kappa shape index (κ2) is 39.7. The van der Waals surface area contributed by atoms with E-state index in [4.69, 9.17) is 4.74 Å². The van der Waals surface area contributed by atoms with Crippen LogP contribution in [0.15, 0.2) is 146 Å². The second-order valence-corrected chi connectivity index (χ2v) is 12.5. The van der Waals surface area contributed by atoms with Gasteiger partial charge in [0.05, 0.1) is 6.61 Å². The molecule has 0 heterocycles. The molecule has 2 unspecified atom stereocenters. The predicted octanol–water partition coefficient (Wildman–Crippen LogP) is 11.8. The Bertz CT molecular complexity index is 1230. The zero-order chi connectivity index (χ0) is 38.0. The average Bonchev–Trinajstić information content (AvgIpc) is 3.15. The molecule has 0 fully saturated rings. The molecule has 0 amide bonds. The summed E-state index contributed by atoms with van der Waals surface area (Å²) < 4.78 is 5.12. The van der Waals surface area contributed by atoms with Crippen LogP contribution in [0.25, 0.3) is 0 Å². The van der Waals surface area contributed by atoms with Gasteiger partial charge in [0, 0.05) is 6.08 Å². The molecule has 0 aliphatic carbocycles. The van der Waals surface area contributed by atoms with E-state index in [0.717, 1.165) is 18.9 Å². The van der Waals surface area contributed by atoms with Gasteiger partial charge in [-0.2, -0.15) is 0 Å². The van der Waals surface area contributed by atoms with Crippen LogP contribution in [0.3, 0.4) is 0 Å². The van der Waals surface area contributed by atoms with Crippen molar-refractivity contribution in [2.45, 2.75) is 129 Å². The summed E-state index contributed by atoms with van der Waals surface area (Å²) in [5.74, 6) is -1.44. The number of aliphatic hydroxyl groups is 2. The van der Waals surface area contributed by atoms with Gasteiger partial charge >= 0.3 is 5.97 Å². The first-order valence-corrected chi connectivity index (χ1v) is 19.6. The highest BCUT2D eigenvalue weighted by atomic mass is 16.6. The Morgan fingerprint density at radius 1 is 0.462 bits per heavy atom. The van der Waals surface area contributed by atoms with Gasteiger partial charge in [-0.05, 0) is 31.8 Å². The predicted molar refractivity (Wildman–Crippen MR) is 223 cm³/mol. The van der Waals surface area contributed by atoms with Crippen LogP contribution >= 0.6 is 0 Å². The van der Waals surface area contributed by atoms with E-state index in [0.29, 0.717) is 0 Å². The molecule has 0 bridgehead atoms. The fourth-order valence-electron chi connectivity index (χ4n) is 4.78. The van der Waals surface area contributed by atoms with Crippen molar-refractivity contribution < 1.29 is 24.5 Å². The van der Waals surface area contributed by atoms with E-state index in [-0.39, 0.29) is 0 Å². The second-order valence-electron chi connectivity index (χ2n) is 12.5. The Morgan fingerprint density at radius 2 is 0.788 bits per heavy atom. The summed E-state index contributed by atoms with van der Waals surface area (Å²) in [5, 5.41) is 19.4. The Kier molecular flexibility index (Phi) is 36.6. The molecule has 2 N–H and O–H groups in total. The van der Waals surface area contributed by atoms with Gasteiger partial charge in [0.25, 0.3) is 0 Å². The van der Waals surface area contributed by atoms with E-state index >= 15 is 0 Å². The van der Waals surface area contributed by atoms with Gasteiger partial charge in [-0.1, -0.05) is 225 Å². The van der Waals surface area contributed by atoms with Gasteiger partial charge in [-0.3, -0.25) is 4.79 Å². The number of ether oxygens (including phenoxy) is 1. The van der Waals surface area contributed by atoms with Crippen LogP contribution in [0.2, 0.25) is 0 Å². The number of aliphatic hydroxyl groups excluding tert-OH is 2. The number of carbonyl (C=O) groups excluding carboxylic acids is 2. The molecule has 0 radical (unpaired) electrons. The molecule has 286 valence electrons. The minimum atomic E-state index is -1.54. The molecule has 0 aliphatic heterocycles. The first kappa shape index (κ1) is 47.9. The lowest BCUT2D eigenvalue weighted by atomic mass is 10.1. The van der Waals surface area contributed by atoms with Gasteiger partial charge < -0.3 is 14.9 Å². The number of esters is 1. The molecule has 0 saturated carbocycles. The number of ketones is 1. The van der Waals surface area contributed by atoms with E-state index in [1.807, 2.05) is 72.9 Å². The molecule has 0 aliphatic rings. The summed E-state index contributed by atoms with van der Waals surface area (Å²) in [7, 11) is 0. The van der Waals surface area contributed by atoms with E-state index in [9.17, 15) is 19.8 Å². The van der Waals surface area contributed by atoms with Crippen LogP contribution in [0, 0.1) is 0 Å². The number of rotatable bonds is 32. The van der Waals surface area contributed by atoms with Gasteiger partial charge in [0.15, 0.2) is 11.9 Å².